The Kier molecular flexibility index (Phi) is 4.52. The maximum Gasteiger partial charge on any atom is 0.227 e. The van der Waals surface area contributed by atoms with Gasteiger partial charge in [0, 0.05) is 19.2 Å². The van der Waals surface area contributed by atoms with Crippen LogP contribution in [-0.4, -0.2) is 33.3 Å². The van der Waals surface area contributed by atoms with E-state index in [4.69, 9.17) is 17.3 Å². The second kappa shape index (κ2) is 6.39. The molecule has 1 aromatic carbocycles. The minimum absolute atomic E-state index is 0.0291. The zero-order valence-corrected chi connectivity index (χ0v) is 16.3. The van der Waals surface area contributed by atoms with E-state index in [2.05, 4.69) is 15.1 Å². The van der Waals surface area contributed by atoms with Gasteiger partial charge in [0.2, 0.25) is 5.95 Å². The number of fused-ring (bicyclic) bond motifs is 1. The largest absolute Gasteiger partial charge is 0.383 e. The fourth-order valence-corrected chi connectivity index (χ4v) is 2.86. The van der Waals surface area contributed by atoms with Crippen molar-refractivity contribution in [3.63, 3.8) is 0 Å². The Balaban J connectivity index is 2.37. The molecule has 6 nitrogen and oxygen atoms in total. The summed E-state index contributed by atoms with van der Waals surface area (Å²) in [6.45, 7) is 8.76. The van der Waals surface area contributed by atoms with Crippen LogP contribution in [0.3, 0.4) is 0 Å². The first kappa shape index (κ1) is 18.4. The van der Waals surface area contributed by atoms with Crippen molar-refractivity contribution in [1.82, 2.24) is 19.7 Å². The lowest BCUT2D eigenvalue weighted by Crippen LogP contribution is -2.24. The van der Waals surface area contributed by atoms with E-state index in [1.165, 1.54) is 6.07 Å². The van der Waals surface area contributed by atoms with Gasteiger partial charge in [-0.15, -0.1) is 5.10 Å². The third kappa shape index (κ3) is 3.07. The predicted octanol–water partition coefficient (Wildman–Crippen LogP) is 4.08. The summed E-state index contributed by atoms with van der Waals surface area (Å²) < 4.78 is 15.3. The molecule has 0 atom stereocenters. The van der Waals surface area contributed by atoms with Crippen molar-refractivity contribution >= 4 is 34.4 Å². The number of hydrogen-bond donors (Lipinski definition) is 1. The first-order valence-electron chi connectivity index (χ1n) is 8.36. The van der Waals surface area contributed by atoms with Crippen LogP contribution in [0.15, 0.2) is 18.2 Å². The van der Waals surface area contributed by atoms with Gasteiger partial charge in [-0.2, -0.15) is 4.98 Å². The fraction of sp³-hybridized carbons (Fsp3) is 0.389. The lowest BCUT2D eigenvalue weighted by Gasteiger charge is -2.20. The van der Waals surface area contributed by atoms with E-state index >= 15 is 0 Å². The van der Waals surface area contributed by atoms with Crippen LogP contribution in [0.5, 0.6) is 0 Å². The van der Waals surface area contributed by atoms with E-state index < -0.39 is 5.82 Å². The van der Waals surface area contributed by atoms with Crippen LogP contribution in [0.2, 0.25) is 5.02 Å². The molecule has 0 fully saturated rings. The maximum absolute atomic E-state index is 13.6. The van der Waals surface area contributed by atoms with Gasteiger partial charge in [-0.05, 0) is 45.9 Å². The summed E-state index contributed by atoms with van der Waals surface area (Å²) in [5.41, 5.74) is 7.81. The number of hydrogen-bond acceptors (Lipinski definition) is 5. The molecule has 0 aliphatic rings. The van der Waals surface area contributed by atoms with Crippen LogP contribution in [0.25, 0.3) is 22.3 Å². The summed E-state index contributed by atoms with van der Waals surface area (Å²) in [4.78, 5) is 11.1. The number of benzene rings is 1. The Morgan fingerprint density at radius 3 is 2.54 bits per heavy atom. The predicted molar refractivity (Wildman–Crippen MR) is 104 cm³/mol. The van der Waals surface area contributed by atoms with Gasteiger partial charge in [-0.3, -0.25) is 0 Å². The number of nitrogens with zero attached hydrogens (tertiary/aromatic N) is 5. The monoisotopic (exact) mass is 376 g/mol. The molecule has 26 heavy (non-hydrogen) atoms. The SMILES string of the molecule is CCN(C)c1nc(-c2ccc(F)c(Cl)c2)c2c(N)n(C(C)(C)C)nc2n1. The molecule has 0 unspecified atom stereocenters. The maximum atomic E-state index is 13.6. The van der Waals surface area contributed by atoms with Crippen molar-refractivity contribution in [2.45, 2.75) is 33.2 Å². The Morgan fingerprint density at radius 2 is 1.96 bits per heavy atom. The highest BCUT2D eigenvalue weighted by Gasteiger charge is 2.24. The van der Waals surface area contributed by atoms with E-state index in [1.54, 1.807) is 16.8 Å². The van der Waals surface area contributed by atoms with Gasteiger partial charge < -0.3 is 10.6 Å². The molecule has 0 aliphatic heterocycles. The number of anilines is 2. The first-order valence-corrected chi connectivity index (χ1v) is 8.74. The third-order valence-corrected chi connectivity index (χ3v) is 4.49. The third-order valence-electron chi connectivity index (χ3n) is 4.20. The normalized spacial score (nSPS) is 12.0. The smallest absolute Gasteiger partial charge is 0.227 e. The van der Waals surface area contributed by atoms with Gasteiger partial charge in [0.05, 0.1) is 21.6 Å². The molecule has 2 heterocycles. The van der Waals surface area contributed by atoms with Crippen LogP contribution in [0.4, 0.5) is 16.2 Å². The lowest BCUT2D eigenvalue weighted by atomic mass is 10.1. The Morgan fingerprint density at radius 1 is 1.27 bits per heavy atom. The van der Waals surface area contributed by atoms with Crippen molar-refractivity contribution < 1.29 is 4.39 Å². The molecule has 0 amide bonds. The van der Waals surface area contributed by atoms with Crippen LogP contribution in [0.1, 0.15) is 27.7 Å². The summed E-state index contributed by atoms with van der Waals surface area (Å²) in [6.07, 6.45) is 0. The van der Waals surface area contributed by atoms with Gasteiger partial charge in [0.15, 0.2) is 5.65 Å². The molecule has 0 radical (unpaired) electrons. The number of nitrogens with two attached hydrogens (primary N) is 1. The van der Waals surface area contributed by atoms with E-state index in [-0.39, 0.29) is 10.6 Å². The van der Waals surface area contributed by atoms with E-state index in [9.17, 15) is 4.39 Å². The molecule has 8 heteroatoms. The minimum atomic E-state index is -0.482. The second-order valence-corrected chi connectivity index (χ2v) is 7.59. The molecule has 3 rings (SSSR count). The topological polar surface area (TPSA) is 72.9 Å². The van der Waals surface area contributed by atoms with Crippen molar-refractivity contribution in [2.75, 3.05) is 24.2 Å². The van der Waals surface area contributed by atoms with Crippen molar-refractivity contribution in [2.24, 2.45) is 0 Å². The van der Waals surface area contributed by atoms with Crippen LogP contribution in [-0.2, 0) is 5.54 Å². The van der Waals surface area contributed by atoms with Gasteiger partial charge >= 0.3 is 0 Å². The number of halogens is 2. The molecular formula is C18H22ClFN6. The summed E-state index contributed by atoms with van der Waals surface area (Å²) in [5.74, 6) is 0.507. The van der Waals surface area contributed by atoms with Crippen molar-refractivity contribution in [1.29, 1.82) is 0 Å². The summed E-state index contributed by atoms with van der Waals surface area (Å²) in [6, 6.07) is 4.49. The summed E-state index contributed by atoms with van der Waals surface area (Å²) in [5, 5.41) is 5.26. The average Bonchev–Trinajstić information content (AvgIpc) is 2.93. The number of rotatable bonds is 3. The molecular weight excluding hydrogens is 355 g/mol. The first-order chi connectivity index (χ1) is 12.1. The van der Waals surface area contributed by atoms with Crippen molar-refractivity contribution in [3.8, 4) is 11.3 Å². The zero-order chi connectivity index (χ0) is 19.2. The Hall–Kier alpha value is -2.41. The lowest BCUT2D eigenvalue weighted by molar-refractivity contribution is 0.364. The van der Waals surface area contributed by atoms with E-state index in [1.807, 2.05) is 39.6 Å². The molecule has 138 valence electrons. The number of aromatic nitrogens is 4. The highest BCUT2D eigenvalue weighted by molar-refractivity contribution is 6.31. The van der Waals surface area contributed by atoms with Gasteiger partial charge in [0.1, 0.15) is 11.6 Å². The fourth-order valence-electron chi connectivity index (χ4n) is 2.68. The molecule has 2 N–H and O–H groups in total. The van der Waals surface area contributed by atoms with Crippen molar-refractivity contribution in [3.05, 3.63) is 29.0 Å². The molecule has 0 bridgehead atoms. The van der Waals surface area contributed by atoms with Gasteiger partial charge in [0.25, 0.3) is 0 Å². The highest BCUT2D eigenvalue weighted by Crippen LogP contribution is 2.35. The molecule has 3 aromatic rings. The van der Waals surface area contributed by atoms with Gasteiger partial charge in [-0.25, -0.2) is 14.1 Å². The molecule has 0 saturated carbocycles. The second-order valence-electron chi connectivity index (χ2n) is 7.18. The van der Waals surface area contributed by atoms with Crippen LogP contribution in [0, 0.1) is 5.82 Å². The van der Waals surface area contributed by atoms with Crippen LogP contribution < -0.4 is 10.6 Å². The van der Waals surface area contributed by atoms with Crippen LogP contribution >= 0.6 is 11.6 Å². The minimum Gasteiger partial charge on any atom is -0.383 e. The quantitative estimate of drug-likeness (QED) is 0.745. The zero-order valence-electron chi connectivity index (χ0n) is 15.5. The highest BCUT2D eigenvalue weighted by atomic mass is 35.5. The summed E-state index contributed by atoms with van der Waals surface area (Å²) >= 11 is 5.98. The summed E-state index contributed by atoms with van der Waals surface area (Å²) in [7, 11) is 1.90. The van der Waals surface area contributed by atoms with E-state index in [0.29, 0.717) is 34.1 Å². The Bertz CT molecular complexity index is 976. The average molecular weight is 377 g/mol. The number of nitrogen functional groups attached to an aromatic ring is 1. The molecule has 2 aromatic heterocycles. The molecule has 0 spiro atoms. The Labute approximate surface area is 156 Å². The molecule has 0 saturated heterocycles. The standard InChI is InChI=1S/C18H22ClFN6/c1-6-25(5)17-22-14(10-7-8-12(20)11(19)9-10)13-15(21)26(18(2,3)4)24-16(13)23-17/h7-9H,6,21H2,1-5H3. The van der Waals surface area contributed by atoms with Gasteiger partial charge in [-0.1, -0.05) is 11.6 Å². The van der Waals surface area contributed by atoms with E-state index in [0.717, 1.165) is 6.54 Å². The molecule has 0 aliphatic carbocycles.